The Labute approximate surface area is 158 Å². The monoisotopic (exact) mass is 396 g/mol. The second-order valence-electron chi connectivity index (χ2n) is 6.19. The number of pyridine rings is 1. The lowest BCUT2D eigenvalue weighted by Crippen LogP contribution is -2.39. The molecule has 1 fully saturated rings. The van der Waals surface area contributed by atoms with Crippen molar-refractivity contribution < 1.29 is 8.42 Å². The van der Waals surface area contributed by atoms with Crippen LogP contribution in [0.15, 0.2) is 52.5 Å². The molecule has 7 heteroatoms. The highest BCUT2D eigenvalue weighted by Gasteiger charge is 2.30. The molecule has 4 nitrogen and oxygen atoms in total. The molecule has 25 heavy (non-hydrogen) atoms. The van der Waals surface area contributed by atoms with Gasteiger partial charge in [0.2, 0.25) is 10.0 Å². The summed E-state index contributed by atoms with van der Waals surface area (Å²) >= 11 is 7.83. The van der Waals surface area contributed by atoms with Crippen LogP contribution in [0.2, 0.25) is 5.02 Å². The first-order chi connectivity index (χ1) is 12.0. The number of nitrogens with zero attached hydrogens (tertiary/aromatic N) is 2. The van der Waals surface area contributed by atoms with Gasteiger partial charge < -0.3 is 0 Å². The number of rotatable bonds is 5. The van der Waals surface area contributed by atoms with Crippen LogP contribution in [0.5, 0.6) is 0 Å². The van der Waals surface area contributed by atoms with Crippen LogP contribution in [0.1, 0.15) is 18.4 Å². The average Bonchev–Trinajstić information content (AvgIpc) is 2.63. The van der Waals surface area contributed by atoms with Gasteiger partial charge in [-0.2, -0.15) is 4.31 Å². The highest BCUT2D eigenvalue weighted by molar-refractivity contribution is 7.99. The molecular formula is C18H21ClN2O2S2. The van der Waals surface area contributed by atoms with Gasteiger partial charge in [0.1, 0.15) is 0 Å². The fraction of sp³-hybridized carbons (Fsp3) is 0.389. The highest BCUT2D eigenvalue weighted by atomic mass is 35.5. The number of aromatic nitrogens is 1. The molecule has 0 spiro atoms. The smallest absolute Gasteiger partial charge is 0.243 e. The van der Waals surface area contributed by atoms with Crippen molar-refractivity contribution in [1.82, 2.24) is 9.29 Å². The van der Waals surface area contributed by atoms with Crippen LogP contribution >= 0.6 is 23.4 Å². The topological polar surface area (TPSA) is 50.3 Å². The molecule has 0 N–H and O–H groups in total. The number of sulfonamides is 1. The number of piperidine rings is 1. The lowest BCUT2D eigenvalue weighted by molar-refractivity contribution is 0.291. The van der Waals surface area contributed by atoms with Crippen LogP contribution < -0.4 is 0 Å². The summed E-state index contributed by atoms with van der Waals surface area (Å²) in [5, 5.41) is 1.51. The maximum Gasteiger partial charge on any atom is 0.243 e. The van der Waals surface area contributed by atoms with Gasteiger partial charge in [0, 0.05) is 30.1 Å². The zero-order valence-corrected chi connectivity index (χ0v) is 16.4. The van der Waals surface area contributed by atoms with E-state index in [1.165, 1.54) is 0 Å². The van der Waals surface area contributed by atoms with E-state index in [0.29, 0.717) is 34.5 Å². The molecule has 0 aliphatic carbocycles. The summed E-state index contributed by atoms with van der Waals surface area (Å²) in [4.78, 5) is 4.64. The van der Waals surface area contributed by atoms with Crippen molar-refractivity contribution in [3.8, 4) is 0 Å². The fourth-order valence-corrected chi connectivity index (χ4v) is 5.96. The van der Waals surface area contributed by atoms with Crippen molar-refractivity contribution >= 4 is 33.4 Å². The third-order valence-electron chi connectivity index (χ3n) is 4.51. The van der Waals surface area contributed by atoms with Crippen LogP contribution in [-0.4, -0.2) is 36.5 Å². The maximum absolute atomic E-state index is 12.9. The van der Waals surface area contributed by atoms with E-state index < -0.39 is 10.0 Å². The normalized spacial score (nSPS) is 16.9. The zero-order valence-electron chi connectivity index (χ0n) is 14.1. The fourth-order valence-electron chi connectivity index (χ4n) is 2.96. The van der Waals surface area contributed by atoms with E-state index in [1.807, 2.05) is 18.2 Å². The van der Waals surface area contributed by atoms with Gasteiger partial charge in [-0.05, 0) is 55.5 Å². The van der Waals surface area contributed by atoms with Gasteiger partial charge in [0.15, 0.2) is 0 Å². The molecule has 1 aromatic heterocycles. The molecule has 2 aromatic rings. The molecule has 134 valence electrons. The number of halogens is 1. The van der Waals surface area contributed by atoms with Gasteiger partial charge >= 0.3 is 0 Å². The standard InChI is InChI=1S/C18H21ClN2O2S2/c1-14-16(19)5-4-6-17(14)25(22,23)21-11-8-15(9-12-21)13-24-18-7-2-3-10-20-18/h2-7,10,15H,8-9,11-13H2,1H3. The summed E-state index contributed by atoms with van der Waals surface area (Å²) in [5.74, 6) is 1.49. The molecule has 1 saturated heterocycles. The molecule has 1 aromatic carbocycles. The van der Waals surface area contributed by atoms with E-state index in [-0.39, 0.29) is 0 Å². The summed E-state index contributed by atoms with van der Waals surface area (Å²) in [7, 11) is -3.48. The van der Waals surface area contributed by atoms with Crippen molar-refractivity contribution in [3.05, 3.63) is 53.2 Å². The van der Waals surface area contributed by atoms with E-state index in [4.69, 9.17) is 11.6 Å². The Kier molecular flexibility index (Phi) is 6.04. The van der Waals surface area contributed by atoms with Gasteiger partial charge in [-0.15, -0.1) is 11.8 Å². The minimum atomic E-state index is -3.48. The number of hydrogen-bond donors (Lipinski definition) is 0. The second-order valence-corrected chi connectivity index (χ2v) is 9.54. The van der Waals surface area contributed by atoms with Crippen molar-refractivity contribution in [2.45, 2.75) is 29.7 Å². The van der Waals surface area contributed by atoms with Gasteiger partial charge in [0.25, 0.3) is 0 Å². The Morgan fingerprint density at radius 3 is 2.64 bits per heavy atom. The Morgan fingerprint density at radius 2 is 1.96 bits per heavy atom. The minimum absolute atomic E-state index is 0.321. The first-order valence-electron chi connectivity index (χ1n) is 8.27. The highest BCUT2D eigenvalue weighted by Crippen LogP contribution is 2.30. The third kappa shape index (κ3) is 4.37. The lowest BCUT2D eigenvalue weighted by Gasteiger charge is -2.31. The molecule has 3 rings (SSSR count). The molecule has 2 heterocycles. The van der Waals surface area contributed by atoms with Crippen LogP contribution in [0, 0.1) is 12.8 Å². The maximum atomic E-state index is 12.9. The minimum Gasteiger partial charge on any atom is -0.250 e. The first kappa shape index (κ1) is 18.7. The van der Waals surface area contributed by atoms with Crippen LogP contribution in [0.4, 0.5) is 0 Å². The molecule has 1 aliphatic rings. The van der Waals surface area contributed by atoms with Crippen molar-refractivity contribution in [3.63, 3.8) is 0 Å². The SMILES string of the molecule is Cc1c(Cl)cccc1S(=O)(=O)N1CCC(CSc2ccccn2)CC1. The summed E-state index contributed by atoms with van der Waals surface area (Å²) < 4.78 is 27.4. The van der Waals surface area contributed by atoms with E-state index >= 15 is 0 Å². The zero-order chi connectivity index (χ0) is 17.9. The summed E-state index contributed by atoms with van der Waals surface area (Å²) in [5.41, 5.74) is 0.622. The predicted octanol–water partition coefficient (Wildman–Crippen LogP) is 4.24. The molecule has 0 unspecified atom stereocenters. The Morgan fingerprint density at radius 1 is 1.20 bits per heavy atom. The summed E-state index contributed by atoms with van der Waals surface area (Å²) in [6, 6.07) is 10.9. The van der Waals surface area contributed by atoms with Gasteiger partial charge in [0.05, 0.1) is 9.92 Å². The third-order valence-corrected chi connectivity index (χ3v) is 8.14. The molecule has 0 bridgehead atoms. The molecule has 0 saturated carbocycles. The Balaban J connectivity index is 1.61. The summed E-state index contributed by atoms with van der Waals surface area (Å²) in [6.45, 7) is 2.87. The number of benzene rings is 1. The average molecular weight is 397 g/mol. The second kappa shape index (κ2) is 8.08. The number of thioether (sulfide) groups is 1. The van der Waals surface area contributed by atoms with Crippen LogP contribution in [0.25, 0.3) is 0 Å². The van der Waals surface area contributed by atoms with Crippen molar-refractivity contribution in [1.29, 1.82) is 0 Å². The van der Waals surface area contributed by atoms with Crippen molar-refractivity contribution in [2.24, 2.45) is 5.92 Å². The Hall–Kier alpha value is -1.08. The van der Waals surface area contributed by atoms with E-state index in [0.717, 1.165) is 23.6 Å². The predicted molar refractivity (Wildman–Crippen MR) is 103 cm³/mol. The lowest BCUT2D eigenvalue weighted by atomic mass is 10.0. The number of hydrogen-bond acceptors (Lipinski definition) is 4. The molecular weight excluding hydrogens is 376 g/mol. The Bertz CT molecular complexity index is 820. The van der Waals surface area contributed by atoms with Gasteiger partial charge in [-0.25, -0.2) is 13.4 Å². The van der Waals surface area contributed by atoms with Gasteiger partial charge in [-0.3, -0.25) is 0 Å². The quantitative estimate of drug-likeness (QED) is 0.709. The summed E-state index contributed by atoms with van der Waals surface area (Å²) in [6.07, 6.45) is 3.54. The first-order valence-corrected chi connectivity index (χ1v) is 11.1. The molecule has 0 amide bonds. The molecule has 0 atom stereocenters. The van der Waals surface area contributed by atoms with E-state index in [1.54, 1.807) is 47.4 Å². The van der Waals surface area contributed by atoms with Crippen LogP contribution in [0.3, 0.4) is 0 Å². The van der Waals surface area contributed by atoms with Crippen molar-refractivity contribution in [2.75, 3.05) is 18.8 Å². The molecule has 0 radical (unpaired) electrons. The molecule has 1 aliphatic heterocycles. The largest absolute Gasteiger partial charge is 0.250 e. The van der Waals surface area contributed by atoms with Crippen LogP contribution in [-0.2, 0) is 10.0 Å². The van der Waals surface area contributed by atoms with E-state index in [2.05, 4.69) is 4.98 Å². The van der Waals surface area contributed by atoms with Gasteiger partial charge in [-0.1, -0.05) is 23.7 Å². The van der Waals surface area contributed by atoms with E-state index in [9.17, 15) is 8.42 Å².